The van der Waals surface area contributed by atoms with Crippen molar-refractivity contribution in [1.82, 2.24) is 5.32 Å². The van der Waals surface area contributed by atoms with Gasteiger partial charge >= 0.3 is 18.4 Å². The van der Waals surface area contributed by atoms with Crippen LogP contribution in [0.4, 0.5) is 28.7 Å². The second-order valence-electron chi connectivity index (χ2n) is 11.1. The van der Waals surface area contributed by atoms with E-state index in [1.807, 2.05) is 32.9 Å². The van der Waals surface area contributed by atoms with Crippen LogP contribution in [0.25, 0.3) is 10.4 Å². The van der Waals surface area contributed by atoms with E-state index >= 15 is 0 Å². The van der Waals surface area contributed by atoms with Crippen LogP contribution >= 0.6 is 11.3 Å². The van der Waals surface area contributed by atoms with Crippen molar-refractivity contribution in [2.45, 2.75) is 71.7 Å². The summed E-state index contributed by atoms with van der Waals surface area (Å²) in [6.07, 6.45) is -0.788. The summed E-state index contributed by atoms with van der Waals surface area (Å²) in [5.74, 6) is -2.51. The SMILES string of the molecule is Cc1cc(C)c(NC(=O)Nc2sc(-c3ccc(OC(F)(F)F)cc3)cc2C(=O)N[C@](C)(C(=O)O)C2CCCCC2)c(C)c1. The van der Waals surface area contributed by atoms with Crippen molar-refractivity contribution in [3.8, 4) is 16.2 Å². The highest BCUT2D eigenvalue weighted by Crippen LogP contribution is 2.38. The van der Waals surface area contributed by atoms with E-state index in [0.29, 0.717) is 29.0 Å². The standard InChI is InChI=1S/C31H34F3N3O5S/c1-17-14-18(2)25(19(3)15-17)35-29(41)36-27-23(26(38)37-30(4,28(39)40)21-8-6-5-7-9-21)16-24(43-27)20-10-12-22(13-11-20)42-31(32,33)34/h10-16,21H,5-9H2,1-4H3,(H,37,38)(H,39,40)(H2,35,36,41)/t30-/m0/s1. The number of alkyl halides is 3. The van der Waals surface area contributed by atoms with Crippen LogP contribution in [0.15, 0.2) is 42.5 Å². The number of carbonyl (C=O) groups is 3. The van der Waals surface area contributed by atoms with Gasteiger partial charge in [0, 0.05) is 10.6 Å². The Bertz CT molecular complexity index is 1490. The third-order valence-electron chi connectivity index (χ3n) is 7.73. The molecule has 1 aliphatic carbocycles. The lowest BCUT2D eigenvalue weighted by molar-refractivity contribution is -0.274. The van der Waals surface area contributed by atoms with Gasteiger partial charge in [-0.2, -0.15) is 0 Å². The van der Waals surface area contributed by atoms with Crippen LogP contribution in [0.3, 0.4) is 0 Å². The smallest absolute Gasteiger partial charge is 0.480 e. The number of ether oxygens (including phenoxy) is 1. The second-order valence-corrected chi connectivity index (χ2v) is 12.1. The molecule has 3 aromatic rings. The maximum Gasteiger partial charge on any atom is 0.573 e. The number of amides is 3. The van der Waals surface area contributed by atoms with Crippen molar-refractivity contribution in [2.75, 3.05) is 10.6 Å². The lowest BCUT2D eigenvalue weighted by atomic mass is 9.75. The molecule has 4 rings (SSSR count). The summed E-state index contributed by atoms with van der Waals surface area (Å²) in [7, 11) is 0. The number of thiophene rings is 1. The Hall–Kier alpha value is -4.06. The zero-order valence-corrected chi connectivity index (χ0v) is 25.1. The summed E-state index contributed by atoms with van der Waals surface area (Å²) in [6.45, 7) is 7.17. The zero-order chi connectivity index (χ0) is 31.5. The van der Waals surface area contributed by atoms with Gasteiger partial charge in [0.05, 0.1) is 5.56 Å². The number of benzene rings is 2. The fourth-order valence-corrected chi connectivity index (χ4v) is 6.61. The minimum Gasteiger partial charge on any atom is -0.480 e. The van der Waals surface area contributed by atoms with E-state index in [9.17, 15) is 32.7 Å². The molecule has 4 N–H and O–H groups in total. The van der Waals surface area contributed by atoms with Crippen molar-refractivity contribution in [3.63, 3.8) is 0 Å². The first-order valence-electron chi connectivity index (χ1n) is 13.9. The van der Waals surface area contributed by atoms with Crippen molar-refractivity contribution < 1.29 is 37.4 Å². The fourth-order valence-electron chi connectivity index (χ4n) is 5.55. The summed E-state index contributed by atoms with van der Waals surface area (Å²) >= 11 is 1.04. The first-order chi connectivity index (χ1) is 20.2. The lowest BCUT2D eigenvalue weighted by Crippen LogP contribution is -2.57. The highest BCUT2D eigenvalue weighted by molar-refractivity contribution is 7.20. The van der Waals surface area contributed by atoms with Gasteiger partial charge in [0.2, 0.25) is 0 Å². The summed E-state index contributed by atoms with van der Waals surface area (Å²) in [5, 5.41) is 18.6. The number of rotatable bonds is 8. The van der Waals surface area contributed by atoms with E-state index < -0.39 is 35.6 Å². The molecule has 8 nitrogen and oxygen atoms in total. The summed E-state index contributed by atoms with van der Waals surface area (Å²) < 4.78 is 41.8. The minimum absolute atomic E-state index is 0.0337. The van der Waals surface area contributed by atoms with Crippen LogP contribution in [0, 0.1) is 26.7 Å². The molecule has 1 aromatic heterocycles. The molecule has 2 aromatic carbocycles. The molecule has 0 saturated heterocycles. The molecular formula is C31H34F3N3O5S. The summed E-state index contributed by atoms with van der Waals surface area (Å²) in [4.78, 5) is 39.7. The van der Waals surface area contributed by atoms with E-state index in [-0.39, 0.29) is 16.5 Å². The van der Waals surface area contributed by atoms with Gasteiger partial charge < -0.3 is 20.5 Å². The van der Waals surface area contributed by atoms with Crippen LogP contribution in [-0.2, 0) is 4.79 Å². The molecule has 0 unspecified atom stereocenters. The van der Waals surface area contributed by atoms with Crippen molar-refractivity contribution in [1.29, 1.82) is 0 Å². The normalized spacial score (nSPS) is 15.3. The van der Waals surface area contributed by atoms with Gasteiger partial charge in [-0.3, -0.25) is 10.1 Å². The largest absolute Gasteiger partial charge is 0.573 e. The number of carboxylic acids is 1. The fraction of sp³-hybridized carbons (Fsp3) is 0.387. The quantitative estimate of drug-likeness (QED) is 0.204. The highest BCUT2D eigenvalue weighted by Gasteiger charge is 2.43. The summed E-state index contributed by atoms with van der Waals surface area (Å²) in [5.41, 5.74) is 2.32. The maximum atomic E-state index is 13.7. The molecule has 0 bridgehead atoms. The first kappa shape index (κ1) is 31.9. The van der Waals surface area contributed by atoms with E-state index in [2.05, 4.69) is 20.7 Å². The van der Waals surface area contributed by atoms with Crippen molar-refractivity contribution in [3.05, 3.63) is 64.7 Å². The van der Waals surface area contributed by atoms with Gasteiger partial charge in [0.1, 0.15) is 16.3 Å². The monoisotopic (exact) mass is 617 g/mol. The predicted octanol–water partition coefficient (Wildman–Crippen LogP) is 8.04. The van der Waals surface area contributed by atoms with E-state index in [1.165, 1.54) is 25.1 Å². The Morgan fingerprint density at radius 2 is 1.53 bits per heavy atom. The third kappa shape index (κ3) is 7.67. The van der Waals surface area contributed by atoms with Gasteiger partial charge in [-0.1, -0.05) is 37.0 Å². The van der Waals surface area contributed by atoms with E-state index in [0.717, 1.165) is 59.4 Å². The van der Waals surface area contributed by atoms with Crippen molar-refractivity contribution >= 4 is 39.9 Å². The van der Waals surface area contributed by atoms with Gasteiger partial charge in [-0.25, -0.2) is 9.59 Å². The number of hydrogen-bond donors (Lipinski definition) is 4. The van der Waals surface area contributed by atoms with Crippen LogP contribution in [-0.4, -0.2) is 34.9 Å². The number of aliphatic carboxylic acids is 1. The number of nitrogens with one attached hydrogen (secondary N) is 3. The van der Waals surface area contributed by atoms with Gasteiger partial charge in [0.25, 0.3) is 5.91 Å². The molecule has 1 fully saturated rings. The Morgan fingerprint density at radius 3 is 2.09 bits per heavy atom. The zero-order valence-electron chi connectivity index (χ0n) is 24.3. The van der Waals surface area contributed by atoms with Gasteiger partial charge in [0.15, 0.2) is 0 Å². The molecule has 230 valence electrons. The average molecular weight is 618 g/mol. The van der Waals surface area contributed by atoms with Crippen molar-refractivity contribution in [2.24, 2.45) is 5.92 Å². The third-order valence-corrected chi connectivity index (χ3v) is 8.83. The Labute approximate surface area is 251 Å². The number of carboxylic acid groups (broad SMARTS) is 1. The number of carbonyl (C=O) groups excluding carboxylic acids is 2. The number of hydrogen-bond acceptors (Lipinski definition) is 5. The molecule has 0 aliphatic heterocycles. The topological polar surface area (TPSA) is 117 Å². The summed E-state index contributed by atoms with van der Waals surface area (Å²) in [6, 6.07) is 9.83. The number of urea groups is 1. The second kappa shape index (κ2) is 12.7. The Kier molecular flexibility index (Phi) is 9.38. The Balaban J connectivity index is 1.66. The number of halogens is 3. The molecule has 0 radical (unpaired) electrons. The molecule has 12 heteroatoms. The van der Waals surface area contributed by atoms with Gasteiger partial charge in [-0.05, 0) is 93.5 Å². The number of anilines is 2. The minimum atomic E-state index is -4.84. The molecule has 1 heterocycles. The molecule has 1 aliphatic rings. The van der Waals surface area contributed by atoms with E-state index in [4.69, 9.17) is 0 Å². The van der Waals surface area contributed by atoms with Gasteiger partial charge in [-0.15, -0.1) is 24.5 Å². The van der Waals surface area contributed by atoms with Crippen LogP contribution in [0.1, 0.15) is 66.1 Å². The molecule has 1 saturated carbocycles. The maximum absolute atomic E-state index is 13.7. The predicted molar refractivity (Wildman–Crippen MR) is 160 cm³/mol. The van der Waals surface area contributed by atoms with Crippen LogP contribution in [0.5, 0.6) is 5.75 Å². The van der Waals surface area contributed by atoms with Crippen LogP contribution in [0.2, 0.25) is 0 Å². The van der Waals surface area contributed by atoms with Crippen LogP contribution < -0.4 is 20.7 Å². The molecule has 43 heavy (non-hydrogen) atoms. The average Bonchev–Trinajstić information content (AvgIpc) is 3.34. The van der Waals surface area contributed by atoms with E-state index in [1.54, 1.807) is 0 Å². The Morgan fingerprint density at radius 1 is 0.930 bits per heavy atom. The lowest BCUT2D eigenvalue weighted by Gasteiger charge is -2.37. The highest BCUT2D eigenvalue weighted by atomic mass is 32.1. The first-order valence-corrected chi connectivity index (χ1v) is 14.7. The number of aryl methyl sites for hydroxylation is 3. The molecule has 0 spiro atoms. The molecular weight excluding hydrogens is 583 g/mol. The molecule has 3 amide bonds. The molecule has 1 atom stereocenters.